The van der Waals surface area contributed by atoms with Gasteiger partial charge in [0.1, 0.15) is 17.0 Å². The second kappa shape index (κ2) is 5.03. The summed E-state index contributed by atoms with van der Waals surface area (Å²) in [5.41, 5.74) is 5.87. The molecule has 6 heteroatoms. The van der Waals surface area contributed by atoms with Crippen molar-refractivity contribution in [2.24, 2.45) is 5.73 Å². The van der Waals surface area contributed by atoms with Crippen molar-refractivity contribution in [3.8, 4) is 0 Å². The van der Waals surface area contributed by atoms with Gasteiger partial charge in [-0.25, -0.2) is 9.97 Å². The lowest BCUT2D eigenvalue weighted by molar-refractivity contribution is 0.0627. The molecule has 102 valence electrons. The van der Waals surface area contributed by atoms with Crippen LogP contribution in [0.1, 0.15) is 17.7 Å². The zero-order valence-corrected chi connectivity index (χ0v) is 11.8. The van der Waals surface area contributed by atoms with E-state index >= 15 is 0 Å². The molecule has 3 N–H and O–H groups in total. The van der Waals surface area contributed by atoms with Gasteiger partial charge in [0.15, 0.2) is 0 Å². The van der Waals surface area contributed by atoms with E-state index in [4.69, 9.17) is 10.5 Å². The summed E-state index contributed by atoms with van der Waals surface area (Å²) in [5, 5.41) is 4.64. The Kier molecular flexibility index (Phi) is 3.38. The molecular weight excluding hydrogens is 260 g/mol. The quantitative estimate of drug-likeness (QED) is 0.897. The third-order valence-electron chi connectivity index (χ3n) is 3.68. The molecule has 3 heterocycles. The van der Waals surface area contributed by atoms with E-state index in [2.05, 4.69) is 28.3 Å². The molecule has 0 aromatic carbocycles. The van der Waals surface area contributed by atoms with Gasteiger partial charge < -0.3 is 15.8 Å². The highest BCUT2D eigenvalue weighted by atomic mass is 32.1. The van der Waals surface area contributed by atoms with Gasteiger partial charge in [0.25, 0.3) is 0 Å². The normalized spacial score (nSPS) is 18.6. The Bertz CT molecular complexity index is 577. The molecule has 1 fully saturated rings. The van der Waals surface area contributed by atoms with E-state index in [9.17, 15) is 0 Å². The van der Waals surface area contributed by atoms with Gasteiger partial charge in [-0.1, -0.05) is 0 Å². The molecule has 0 radical (unpaired) electrons. The zero-order valence-electron chi connectivity index (χ0n) is 11.0. The van der Waals surface area contributed by atoms with Crippen LogP contribution in [-0.4, -0.2) is 35.3 Å². The van der Waals surface area contributed by atoms with Crippen LogP contribution in [0.5, 0.6) is 0 Å². The molecule has 0 unspecified atom stereocenters. The summed E-state index contributed by atoms with van der Waals surface area (Å²) >= 11 is 1.69. The van der Waals surface area contributed by atoms with Crippen molar-refractivity contribution in [3.05, 3.63) is 17.3 Å². The fourth-order valence-electron chi connectivity index (χ4n) is 2.47. The minimum absolute atomic E-state index is 0.102. The predicted molar refractivity (Wildman–Crippen MR) is 77.6 cm³/mol. The van der Waals surface area contributed by atoms with Crippen LogP contribution in [0, 0.1) is 6.92 Å². The number of rotatable bonds is 3. The van der Waals surface area contributed by atoms with E-state index in [0.717, 1.165) is 42.1 Å². The number of aryl methyl sites for hydroxylation is 1. The molecular formula is C13H18N4OS. The van der Waals surface area contributed by atoms with Gasteiger partial charge >= 0.3 is 0 Å². The van der Waals surface area contributed by atoms with Crippen molar-refractivity contribution in [2.45, 2.75) is 25.3 Å². The standard InChI is InChI=1S/C13H18N4OS/c1-9-6-10-11(15-8-16-12(10)19-9)17-13(7-14)2-4-18-5-3-13/h6,8H,2-5,7,14H2,1H3,(H,15,16,17). The minimum atomic E-state index is -0.102. The molecule has 0 spiro atoms. The highest BCUT2D eigenvalue weighted by molar-refractivity contribution is 7.18. The van der Waals surface area contributed by atoms with Crippen LogP contribution in [0.3, 0.4) is 0 Å². The Labute approximate surface area is 116 Å². The molecule has 2 aromatic rings. The SMILES string of the molecule is Cc1cc2c(NC3(CN)CCOCC3)ncnc2s1. The Morgan fingerprint density at radius 2 is 2.21 bits per heavy atom. The van der Waals surface area contributed by atoms with Gasteiger partial charge in [0, 0.05) is 24.6 Å². The van der Waals surface area contributed by atoms with Crippen LogP contribution in [0.2, 0.25) is 0 Å². The monoisotopic (exact) mass is 278 g/mol. The second-order valence-corrected chi connectivity index (χ2v) is 6.25. The molecule has 0 saturated carbocycles. The molecule has 0 amide bonds. The Balaban J connectivity index is 1.95. The second-order valence-electron chi connectivity index (χ2n) is 5.02. The Hall–Kier alpha value is -1.24. The number of hydrogen-bond donors (Lipinski definition) is 2. The number of fused-ring (bicyclic) bond motifs is 1. The maximum absolute atomic E-state index is 5.98. The number of hydrogen-bond acceptors (Lipinski definition) is 6. The van der Waals surface area contributed by atoms with Crippen molar-refractivity contribution >= 4 is 27.4 Å². The molecule has 0 atom stereocenters. The topological polar surface area (TPSA) is 73.1 Å². The van der Waals surface area contributed by atoms with Crippen LogP contribution in [0.25, 0.3) is 10.2 Å². The van der Waals surface area contributed by atoms with Gasteiger partial charge in [0.2, 0.25) is 0 Å². The predicted octanol–water partition coefficient (Wildman–Crippen LogP) is 1.92. The van der Waals surface area contributed by atoms with Gasteiger partial charge in [-0.3, -0.25) is 0 Å². The maximum Gasteiger partial charge on any atom is 0.138 e. The van der Waals surface area contributed by atoms with E-state index in [1.54, 1.807) is 17.7 Å². The molecule has 1 saturated heterocycles. The lowest BCUT2D eigenvalue weighted by Crippen LogP contribution is -2.49. The lowest BCUT2D eigenvalue weighted by Gasteiger charge is -2.37. The molecule has 2 aromatic heterocycles. The molecule has 0 aliphatic carbocycles. The average Bonchev–Trinajstić information content (AvgIpc) is 2.81. The Morgan fingerprint density at radius 3 is 2.95 bits per heavy atom. The number of nitrogens with one attached hydrogen (secondary N) is 1. The van der Waals surface area contributed by atoms with E-state index < -0.39 is 0 Å². The summed E-state index contributed by atoms with van der Waals surface area (Å²) in [6.07, 6.45) is 3.44. The summed E-state index contributed by atoms with van der Waals surface area (Å²) < 4.78 is 5.43. The smallest absolute Gasteiger partial charge is 0.138 e. The first-order chi connectivity index (χ1) is 9.22. The first-order valence-corrected chi connectivity index (χ1v) is 7.31. The van der Waals surface area contributed by atoms with Crippen molar-refractivity contribution < 1.29 is 4.74 Å². The number of aromatic nitrogens is 2. The van der Waals surface area contributed by atoms with Gasteiger partial charge in [0.05, 0.1) is 10.9 Å². The summed E-state index contributed by atoms with van der Waals surface area (Å²) in [5.74, 6) is 0.890. The van der Waals surface area contributed by atoms with Crippen molar-refractivity contribution in [1.29, 1.82) is 0 Å². The van der Waals surface area contributed by atoms with Crippen molar-refractivity contribution in [2.75, 3.05) is 25.1 Å². The number of anilines is 1. The summed E-state index contributed by atoms with van der Waals surface area (Å²) in [4.78, 5) is 11.0. The van der Waals surface area contributed by atoms with Crippen LogP contribution in [-0.2, 0) is 4.74 Å². The largest absolute Gasteiger partial charge is 0.381 e. The lowest BCUT2D eigenvalue weighted by atomic mass is 9.90. The van der Waals surface area contributed by atoms with Crippen LogP contribution in [0.15, 0.2) is 12.4 Å². The summed E-state index contributed by atoms with van der Waals surface area (Å²) in [7, 11) is 0. The van der Waals surface area contributed by atoms with Crippen LogP contribution >= 0.6 is 11.3 Å². The maximum atomic E-state index is 5.98. The molecule has 3 rings (SSSR count). The number of thiophene rings is 1. The molecule has 0 bridgehead atoms. The number of ether oxygens (including phenoxy) is 1. The number of nitrogens with two attached hydrogens (primary N) is 1. The first kappa shape index (κ1) is 12.8. The van der Waals surface area contributed by atoms with Crippen LogP contribution < -0.4 is 11.1 Å². The summed E-state index contributed by atoms with van der Waals surface area (Å²) in [6, 6.07) is 2.13. The van der Waals surface area contributed by atoms with Gasteiger partial charge in [-0.2, -0.15) is 0 Å². The average molecular weight is 278 g/mol. The minimum Gasteiger partial charge on any atom is -0.381 e. The third kappa shape index (κ3) is 2.43. The van der Waals surface area contributed by atoms with Gasteiger partial charge in [-0.15, -0.1) is 11.3 Å². The highest BCUT2D eigenvalue weighted by Gasteiger charge is 2.32. The third-order valence-corrected chi connectivity index (χ3v) is 4.64. The van der Waals surface area contributed by atoms with E-state index in [1.807, 2.05) is 0 Å². The van der Waals surface area contributed by atoms with Crippen molar-refractivity contribution in [3.63, 3.8) is 0 Å². The summed E-state index contributed by atoms with van der Waals surface area (Å²) in [6.45, 7) is 4.18. The highest BCUT2D eigenvalue weighted by Crippen LogP contribution is 2.31. The fraction of sp³-hybridized carbons (Fsp3) is 0.538. The Morgan fingerprint density at radius 1 is 1.42 bits per heavy atom. The van der Waals surface area contributed by atoms with E-state index in [1.165, 1.54) is 4.88 Å². The molecule has 5 nitrogen and oxygen atoms in total. The fourth-order valence-corrected chi connectivity index (χ4v) is 3.32. The number of nitrogens with zero attached hydrogens (tertiary/aromatic N) is 2. The van der Waals surface area contributed by atoms with E-state index in [0.29, 0.717) is 6.54 Å². The molecule has 19 heavy (non-hydrogen) atoms. The van der Waals surface area contributed by atoms with Crippen LogP contribution in [0.4, 0.5) is 5.82 Å². The first-order valence-electron chi connectivity index (χ1n) is 6.50. The van der Waals surface area contributed by atoms with E-state index in [-0.39, 0.29) is 5.54 Å². The molecule has 1 aliphatic rings. The molecule has 1 aliphatic heterocycles. The van der Waals surface area contributed by atoms with Gasteiger partial charge in [-0.05, 0) is 25.8 Å². The van der Waals surface area contributed by atoms with Crippen molar-refractivity contribution in [1.82, 2.24) is 9.97 Å². The zero-order chi connectivity index (χ0) is 13.3.